The summed E-state index contributed by atoms with van der Waals surface area (Å²) in [4.78, 5) is 12.0. The van der Waals surface area contributed by atoms with Gasteiger partial charge in [-0.25, -0.2) is 4.98 Å². The summed E-state index contributed by atoms with van der Waals surface area (Å²) in [5.74, 6) is 1.66. The minimum atomic E-state index is 0. The van der Waals surface area contributed by atoms with E-state index in [-0.39, 0.29) is 17.0 Å². The molecule has 0 fully saturated rings. The average molecular weight is 506 g/mol. The van der Waals surface area contributed by atoms with Crippen molar-refractivity contribution in [2.75, 3.05) is 23.9 Å². The van der Waals surface area contributed by atoms with E-state index in [1.165, 1.54) is 0 Å². The Morgan fingerprint density at radius 2 is 1.33 bits per heavy atom. The second-order valence-electron chi connectivity index (χ2n) is 4.11. The molecule has 114 valence electrons. The molecule has 0 N–H and O–H groups in total. The summed E-state index contributed by atoms with van der Waals surface area (Å²) < 4.78 is 0. The zero-order valence-electron chi connectivity index (χ0n) is 11.3. The molecule has 0 spiro atoms. The molecule has 0 saturated carbocycles. The van der Waals surface area contributed by atoms with Crippen LogP contribution < -0.4 is 26.8 Å². The third-order valence-corrected chi connectivity index (χ3v) is 2.62. The molecule has 4 radical (unpaired) electrons. The van der Waals surface area contributed by atoms with Crippen LogP contribution in [0.4, 0.5) is 11.6 Å². The van der Waals surface area contributed by atoms with Gasteiger partial charge in [-0.15, -0.1) is 0 Å². The molecule has 0 aliphatic carbocycles. The zero-order chi connectivity index (χ0) is 14.5. The van der Waals surface area contributed by atoms with E-state index in [0.29, 0.717) is 0 Å². The fourth-order valence-electron chi connectivity index (χ4n) is 1.74. The van der Waals surface area contributed by atoms with E-state index >= 15 is 0 Å². The van der Waals surface area contributed by atoms with Crippen molar-refractivity contribution in [3.8, 4) is 0 Å². The standard InChI is InChI=1S/C13H13N5.2BrH.Pd/c1-15-6-8-17(10-15)12-4-3-5-13(14-12)18-9-7-16(2)11-18;;;/h3-9H,1-2H3;2*1H;/q;;;+2/p-2. The molecule has 1 aromatic heterocycles. The Balaban J connectivity index is 0.000000706. The van der Waals surface area contributed by atoms with E-state index in [9.17, 15) is 0 Å². The first-order valence-electron chi connectivity index (χ1n) is 5.75. The van der Waals surface area contributed by atoms with Crippen molar-refractivity contribution in [3.05, 3.63) is 56.3 Å². The Labute approximate surface area is 153 Å². The van der Waals surface area contributed by atoms with Crippen LogP contribution in [0.25, 0.3) is 0 Å². The number of hydrogen-bond donors (Lipinski definition) is 0. The first-order valence-corrected chi connectivity index (χ1v) is 9.30. The SMILES string of the molecule is CN1[C]N(c2cccc(N3[C]N(C)C=C3)n2)C=C1.[Br-].[Br][Pd+]. The Kier molecular flexibility index (Phi) is 7.74. The van der Waals surface area contributed by atoms with E-state index in [0.717, 1.165) is 11.6 Å². The van der Waals surface area contributed by atoms with Crippen LogP contribution in [0, 0.1) is 13.3 Å². The van der Waals surface area contributed by atoms with Gasteiger partial charge in [0.1, 0.15) is 11.6 Å². The van der Waals surface area contributed by atoms with E-state index in [4.69, 9.17) is 0 Å². The van der Waals surface area contributed by atoms with Gasteiger partial charge in [0.2, 0.25) is 13.3 Å². The fraction of sp³-hybridized carbons (Fsp3) is 0.154. The molecule has 2 aliphatic heterocycles. The summed E-state index contributed by atoms with van der Waals surface area (Å²) in [6.45, 7) is 6.24. The second kappa shape index (κ2) is 8.79. The van der Waals surface area contributed by atoms with Crippen molar-refractivity contribution in [1.82, 2.24) is 14.8 Å². The normalized spacial score (nSPS) is 16.0. The van der Waals surface area contributed by atoms with E-state index in [1.54, 1.807) is 0 Å². The van der Waals surface area contributed by atoms with Gasteiger partial charge in [-0.05, 0) is 12.1 Å². The van der Waals surface area contributed by atoms with E-state index in [2.05, 4.69) is 48.9 Å². The predicted octanol–water partition coefficient (Wildman–Crippen LogP) is -0.633. The van der Waals surface area contributed by atoms with Crippen LogP contribution in [-0.4, -0.2) is 28.9 Å². The van der Waals surface area contributed by atoms with E-state index < -0.39 is 0 Å². The summed E-state index contributed by atoms with van der Waals surface area (Å²) in [5.41, 5.74) is 0. The van der Waals surface area contributed by atoms with Crippen LogP contribution in [0.2, 0.25) is 0 Å². The molecule has 3 rings (SSSR count). The van der Waals surface area contributed by atoms with Gasteiger partial charge in [0.05, 0.1) is 0 Å². The maximum absolute atomic E-state index is 4.58. The summed E-state index contributed by atoms with van der Waals surface area (Å²) in [5, 5.41) is 0. The molecule has 0 bridgehead atoms. The number of pyridine rings is 1. The quantitative estimate of drug-likeness (QED) is 0.499. The van der Waals surface area contributed by atoms with Crippen LogP contribution in [0.3, 0.4) is 0 Å². The molecule has 0 unspecified atom stereocenters. The van der Waals surface area contributed by atoms with Crippen LogP contribution in [0.1, 0.15) is 0 Å². The van der Waals surface area contributed by atoms with Crippen LogP contribution in [-0.2, 0) is 17.2 Å². The van der Waals surface area contributed by atoms with Crippen molar-refractivity contribution in [3.63, 3.8) is 0 Å². The van der Waals surface area contributed by atoms with Gasteiger partial charge >= 0.3 is 30.6 Å². The molecular formula is C13H13Br2N5Pd. The average Bonchev–Trinajstić information content (AvgIpc) is 3.10. The first-order chi connectivity index (χ1) is 9.72. The number of anilines is 2. The van der Waals surface area contributed by atoms with Gasteiger partial charge in [-0.2, -0.15) is 0 Å². The Morgan fingerprint density at radius 3 is 1.67 bits per heavy atom. The zero-order valence-corrected chi connectivity index (χ0v) is 16.1. The van der Waals surface area contributed by atoms with Crippen LogP contribution >= 0.6 is 13.4 Å². The van der Waals surface area contributed by atoms with Gasteiger partial charge in [-0.3, -0.25) is 9.80 Å². The molecule has 0 atom stereocenters. The molecule has 3 heterocycles. The van der Waals surface area contributed by atoms with Gasteiger partial charge in [-0.1, -0.05) is 6.07 Å². The molecule has 0 saturated heterocycles. The maximum atomic E-state index is 4.58. The summed E-state index contributed by atoms with van der Waals surface area (Å²) in [6, 6.07) is 5.87. The third kappa shape index (κ3) is 4.71. The van der Waals surface area contributed by atoms with Crippen LogP contribution in [0.15, 0.2) is 43.0 Å². The molecule has 2 aliphatic rings. The predicted molar refractivity (Wildman–Crippen MR) is 78.4 cm³/mol. The van der Waals surface area contributed by atoms with Crippen LogP contribution in [0.5, 0.6) is 0 Å². The number of aromatic nitrogens is 1. The molecule has 0 amide bonds. The molecular weight excluding hydrogens is 492 g/mol. The second-order valence-corrected chi connectivity index (χ2v) is 4.11. The topological polar surface area (TPSA) is 25.9 Å². The Bertz CT molecular complexity index is 470. The van der Waals surface area contributed by atoms with Gasteiger partial charge < -0.3 is 26.8 Å². The molecule has 8 heteroatoms. The van der Waals surface area contributed by atoms with Crippen molar-refractivity contribution >= 4 is 25.1 Å². The van der Waals surface area contributed by atoms with Crippen molar-refractivity contribution in [2.24, 2.45) is 0 Å². The number of halogens is 2. The Hall–Kier alpha value is -0.548. The van der Waals surface area contributed by atoms with Crippen molar-refractivity contribution in [2.45, 2.75) is 0 Å². The number of rotatable bonds is 2. The van der Waals surface area contributed by atoms with Gasteiger partial charge in [0, 0.05) is 38.9 Å². The van der Waals surface area contributed by atoms with Gasteiger partial charge in [0.15, 0.2) is 0 Å². The molecule has 0 aromatic carbocycles. The summed E-state index contributed by atoms with van der Waals surface area (Å²) in [7, 11) is 3.86. The van der Waals surface area contributed by atoms with E-state index in [1.807, 2.05) is 76.7 Å². The summed E-state index contributed by atoms with van der Waals surface area (Å²) >= 11 is 5.35. The molecule has 5 nitrogen and oxygen atoms in total. The first kappa shape index (κ1) is 18.5. The van der Waals surface area contributed by atoms with Crippen molar-refractivity contribution in [1.29, 1.82) is 0 Å². The minimum absolute atomic E-state index is 0. The van der Waals surface area contributed by atoms with Crippen molar-refractivity contribution < 1.29 is 34.2 Å². The number of nitrogens with zero attached hydrogens (tertiary/aromatic N) is 5. The Morgan fingerprint density at radius 1 is 0.905 bits per heavy atom. The molecule has 1 aromatic rings. The molecule has 21 heavy (non-hydrogen) atoms. The van der Waals surface area contributed by atoms with Gasteiger partial charge in [0.25, 0.3) is 0 Å². The number of hydrogen-bond acceptors (Lipinski definition) is 5. The fourth-order valence-corrected chi connectivity index (χ4v) is 1.74. The monoisotopic (exact) mass is 503 g/mol. The summed E-state index contributed by atoms with van der Waals surface area (Å²) in [6.07, 6.45) is 7.70. The third-order valence-electron chi connectivity index (χ3n) is 2.62.